The van der Waals surface area contributed by atoms with E-state index in [1.807, 2.05) is 13.8 Å². The van der Waals surface area contributed by atoms with Crippen LogP contribution in [0.5, 0.6) is 5.75 Å². The highest BCUT2D eigenvalue weighted by Gasteiger charge is 2.19. The predicted octanol–water partition coefficient (Wildman–Crippen LogP) is 5.44. The zero-order valence-corrected chi connectivity index (χ0v) is 17.6. The Kier molecular flexibility index (Phi) is 7.15. The minimum absolute atomic E-state index is 0.0712. The second-order valence-corrected chi connectivity index (χ2v) is 8.06. The van der Waals surface area contributed by atoms with E-state index in [-0.39, 0.29) is 24.0 Å². The van der Waals surface area contributed by atoms with Crippen LogP contribution in [0.3, 0.4) is 0 Å². The Morgan fingerprint density at radius 3 is 2.34 bits per heavy atom. The van der Waals surface area contributed by atoms with Gasteiger partial charge in [-0.3, -0.25) is 9.59 Å². The molecule has 0 aliphatic heterocycles. The molecule has 2 aromatic rings. The lowest BCUT2D eigenvalue weighted by Gasteiger charge is -2.23. The zero-order chi connectivity index (χ0) is 20.8. The monoisotopic (exact) mass is 414 g/mol. The van der Waals surface area contributed by atoms with Crippen LogP contribution in [0.2, 0.25) is 5.02 Å². The maximum absolute atomic E-state index is 12.6. The van der Waals surface area contributed by atoms with Crippen LogP contribution >= 0.6 is 11.6 Å². The molecule has 1 aliphatic rings. The van der Waals surface area contributed by atoms with Crippen LogP contribution in [0.25, 0.3) is 0 Å². The van der Waals surface area contributed by atoms with Crippen LogP contribution in [-0.2, 0) is 0 Å². The fraction of sp³-hybridized carbons (Fsp3) is 0.391. The molecule has 0 spiro atoms. The van der Waals surface area contributed by atoms with Gasteiger partial charge in [0.1, 0.15) is 5.75 Å². The molecular weight excluding hydrogens is 388 g/mol. The Hall–Kier alpha value is -2.53. The lowest BCUT2D eigenvalue weighted by molar-refractivity contribution is 0.0926. The van der Waals surface area contributed by atoms with Crippen LogP contribution in [0.4, 0.5) is 5.69 Å². The average molecular weight is 415 g/mol. The Morgan fingerprint density at radius 2 is 1.69 bits per heavy atom. The summed E-state index contributed by atoms with van der Waals surface area (Å²) in [6.07, 6.45) is 5.55. The standard InChI is InChI=1S/C23H27ClN2O3/c1-15(2)29-19-11-8-16(9-12-19)22(27)26-18-10-13-21(24)20(14-18)23(28)25-17-6-4-3-5-7-17/h8-15,17H,3-7H2,1-2H3,(H,25,28)(H,26,27). The normalized spacial score (nSPS) is 14.5. The first-order chi connectivity index (χ1) is 13.9. The summed E-state index contributed by atoms with van der Waals surface area (Å²) in [5.41, 5.74) is 1.40. The molecule has 2 N–H and O–H groups in total. The van der Waals surface area contributed by atoms with Crippen molar-refractivity contribution >= 4 is 29.1 Å². The summed E-state index contributed by atoms with van der Waals surface area (Å²) >= 11 is 6.23. The maximum atomic E-state index is 12.6. The van der Waals surface area contributed by atoms with Crippen LogP contribution in [0.1, 0.15) is 66.7 Å². The van der Waals surface area contributed by atoms with Gasteiger partial charge in [0.15, 0.2) is 0 Å². The molecule has 1 saturated carbocycles. The maximum Gasteiger partial charge on any atom is 0.255 e. The smallest absolute Gasteiger partial charge is 0.255 e. The van der Waals surface area contributed by atoms with Crippen LogP contribution in [0, 0.1) is 0 Å². The van der Waals surface area contributed by atoms with E-state index >= 15 is 0 Å². The van der Waals surface area contributed by atoms with Crippen molar-refractivity contribution in [3.63, 3.8) is 0 Å². The number of anilines is 1. The fourth-order valence-corrected chi connectivity index (χ4v) is 3.65. The highest BCUT2D eigenvalue weighted by atomic mass is 35.5. The Bertz CT molecular complexity index is 859. The van der Waals surface area contributed by atoms with E-state index in [9.17, 15) is 9.59 Å². The van der Waals surface area contributed by atoms with Gasteiger partial charge >= 0.3 is 0 Å². The van der Waals surface area contributed by atoms with E-state index in [4.69, 9.17) is 16.3 Å². The summed E-state index contributed by atoms with van der Waals surface area (Å²) in [6, 6.07) is 12.1. The second kappa shape index (κ2) is 9.79. The molecule has 1 aliphatic carbocycles. The molecule has 0 saturated heterocycles. The van der Waals surface area contributed by atoms with Gasteiger partial charge in [-0.2, -0.15) is 0 Å². The topological polar surface area (TPSA) is 67.4 Å². The number of carbonyl (C=O) groups excluding carboxylic acids is 2. The summed E-state index contributed by atoms with van der Waals surface area (Å²) in [6.45, 7) is 3.90. The molecule has 0 aromatic heterocycles. The number of amides is 2. The number of halogens is 1. The van der Waals surface area contributed by atoms with Gasteiger partial charge in [0.05, 0.1) is 16.7 Å². The first-order valence-corrected chi connectivity index (χ1v) is 10.5. The Labute approximate surface area is 176 Å². The predicted molar refractivity (Wildman–Crippen MR) is 116 cm³/mol. The van der Waals surface area contributed by atoms with Crippen molar-refractivity contribution < 1.29 is 14.3 Å². The van der Waals surface area contributed by atoms with E-state index in [2.05, 4.69) is 10.6 Å². The minimum Gasteiger partial charge on any atom is -0.491 e. The molecule has 5 nitrogen and oxygen atoms in total. The van der Waals surface area contributed by atoms with E-state index < -0.39 is 0 Å². The molecule has 0 bridgehead atoms. The molecule has 0 atom stereocenters. The van der Waals surface area contributed by atoms with Crippen molar-refractivity contribution in [1.29, 1.82) is 0 Å². The minimum atomic E-state index is -0.262. The van der Waals surface area contributed by atoms with Gasteiger partial charge < -0.3 is 15.4 Å². The number of rotatable bonds is 6. The summed E-state index contributed by atoms with van der Waals surface area (Å²) in [5.74, 6) is 0.250. The molecule has 154 valence electrons. The largest absolute Gasteiger partial charge is 0.491 e. The van der Waals surface area contributed by atoms with Gasteiger partial charge in [-0.15, -0.1) is 0 Å². The molecule has 0 radical (unpaired) electrons. The summed E-state index contributed by atoms with van der Waals surface area (Å²) in [4.78, 5) is 25.2. The van der Waals surface area contributed by atoms with Crippen molar-refractivity contribution in [2.75, 3.05) is 5.32 Å². The molecule has 6 heteroatoms. The fourth-order valence-electron chi connectivity index (χ4n) is 3.45. The third-order valence-corrected chi connectivity index (χ3v) is 5.23. The SMILES string of the molecule is CC(C)Oc1ccc(C(=O)Nc2ccc(Cl)c(C(=O)NC3CCCCC3)c2)cc1. The highest BCUT2D eigenvalue weighted by molar-refractivity contribution is 6.34. The summed E-state index contributed by atoms with van der Waals surface area (Å²) in [5, 5.41) is 6.25. The van der Waals surface area contributed by atoms with E-state index in [0.29, 0.717) is 27.6 Å². The zero-order valence-electron chi connectivity index (χ0n) is 16.8. The summed E-state index contributed by atoms with van der Waals surface area (Å²) in [7, 11) is 0. The van der Waals surface area contributed by atoms with E-state index in [0.717, 1.165) is 25.7 Å². The molecule has 0 heterocycles. The number of hydrogen-bond donors (Lipinski definition) is 2. The number of hydrogen-bond acceptors (Lipinski definition) is 3. The first-order valence-electron chi connectivity index (χ1n) is 10.1. The van der Waals surface area contributed by atoms with Gasteiger partial charge in [0.2, 0.25) is 0 Å². The van der Waals surface area contributed by atoms with Crippen LogP contribution in [0.15, 0.2) is 42.5 Å². The van der Waals surface area contributed by atoms with Crippen molar-refractivity contribution in [3.05, 3.63) is 58.6 Å². The third kappa shape index (κ3) is 5.97. The highest BCUT2D eigenvalue weighted by Crippen LogP contribution is 2.23. The van der Waals surface area contributed by atoms with Crippen molar-refractivity contribution in [3.8, 4) is 5.75 Å². The van der Waals surface area contributed by atoms with Crippen molar-refractivity contribution in [1.82, 2.24) is 5.32 Å². The molecule has 1 fully saturated rings. The van der Waals surface area contributed by atoms with Crippen LogP contribution < -0.4 is 15.4 Å². The molecule has 2 amide bonds. The number of benzene rings is 2. The van der Waals surface area contributed by atoms with Crippen molar-refractivity contribution in [2.24, 2.45) is 0 Å². The first kappa shape index (κ1) is 21.2. The Balaban J connectivity index is 1.67. The summed E-state index contributed by atoms with van der Waals surface area (Å²) < 4.78 is 5.59. The molecule has 0 unspecified atom stereocenters. The average Bonchev–Trinajstić information content (AvgIpc) is 2.70. The second-order valence-electron chi connectivity index (χ2n) is 7.65. The van der Waals surface area contributed by atoms with Gasteiger partial charge in [-0.25, -0.2) is 0 Å². The lowest BCUT2D eigenvalue weighted by Crippen LogP contribution is -2.36. The van der Waals surface area contributed by atoms with Crippen LogP contribution in [-0.4, -0.2) is 24.0 Å². The van der Waals surface area contributed by atoms with E-state index in [1.165, 1.54) is 6.42 Å². The van der Waals surface area contributed by atoms with Gasteiger partial charge in [0, 0.05) is 17.3 Å². The number of ether oxygens (including phenoxy) is 1. The molecule has 2 aromatic carbocycles. The third-order valence-electron chi connectivity index (χ3n) is 4.90. The Morgan fingerprint density at radius 1 is 1.00 bits per heavy atom. The molecular formula is C23H27ClN2O3. The number of carbonyl (C=O) groups is 2. The van der Waals surface area contributed by atoms with Gasteiger partial charge in [0.25, 0.3) is 11.8 Å². The van der Waals surface area contributed by atoms with Gasteiger partial charge in [-0.05, 0) is 69.2 Å². The number of nitrogens with one attached hydrogen (secondary N) is 2. The van der Waals surface area contributed by atoms with Gasteiger partial charge in [-0.1, -0.05) is 30.9 Å². The molecule has 3 rings (SSSR count). The van der Waals surface area contributed by atoms with E-state index in [1.54, 1.807) is 42.5 Å². The molecule has 29 heavy (non-hydrogen) atoms. The van der Waals surface area contributed by atoms with Crippen molar-refractivity contribution in [2.45, 2.75) is 58.1 Å². The lowest BCUT2D eigenvalue weighted by atomic mass is 9.95. The quantitative estimate of drug-likeness (QED) is 0.661.